The summed E-state index contributed by atoms with van der Waals surface area (Å²) in [7, 11) is -3.84. The van der Waals surface area contributed by atoms with Gasteiger partial charge in [0.2, 0.25) is 11.0 Å². The molecule has 118 valence electrons. The highest BCUT2D eigenvalue weighted by Crippen LogP contribution is 2.24. The highest BCUT2D eigenvalue weighted by molar-refractivity contribution is 9.10. The van der Waals surface area contributed by atoms with Gasteiger partial charge in [0, 0.05) is 10.4 Å². The predicted molar refractivity (Wildman–Crippen MR) is 88.3 cm³/mol. The minimum Gasteiger partial charge on any atom is -0.300 e. The molecule has 0 unspecified atom stereocenters. The van der Waals surface area contributed by atoms with Crippen LogP contribution in [0.1, 0.15) is 13.8 Å². The summed E-state index contributed by atoms with van der Waals surface area (Å²) in [6, 6.07) is 6.73. The first-order chi connectivity index (χ1) is 10.3. The summed E-state index contributed by atoms with van der Waals surface area (Å²) in [5.41, 5.74) is 0.400. The second-order valence-electron chi connectivity index (χ2n) is 4.63. The Bertz CT molecular complexity index is 789. The summed E-state index contributed by atoms with van der Waals surface area (Å²) in [5, 5.41) is 9.94. The van der Waals surface area contributed by atoms with Crippen LogP contribution in [0.25, 0.3) is 0 Å². The largest absolute Gasteiger partial charge is 0.300 e. The molecule has 0 fully saturated rings. The van der Waals surface area contributed by atoms with Gasteiger partial charge in [-0.2, -0.15) is 8.42 Å². The van der Waals surface area contributed by atoms with E-state index in [0.717, 1.165) is 15.8 Å². The van der Waals surface area contributed by atoms with Gasteiger partial charge in [0.05, 0.1) is 5.69 Å². The molecule has 2 rings (SSSR count). The Morgan fingerprint density at radius 2 is 2.05 bits per heavy atom. The summed E-state index contributed by atoms with van der Waals surface area (Å²) in [6.07, 6.45) is 0. The van der Waals surface area contributed by atoms with E-state index in [2.05, 4.69) is 36.2 Å². The van der Waals surface area contributed by atoms with Crippen LogP contribution in [0.5, 0.6) is 0 Å². The van der Waals surface area contributed by atoms with E-state index in [1.165, 1.54) is 0 Å². The minimum atomic E-state index is -3.84. The third-order valence-electron chi connectivity index (χ3n) is 2.47. The number of hydrogen-bond donors (Lipinski definition) is 2. The molecule has 22 heavy (non-hydrogen) atoms. The Hall–Kier alpha value is -1.52. The Morgan fingerprint density at radius 1 is 1.32 bits per heavy atom. The molecule has 2 aromatic rings. The average molecular weight is 405 g/mol. The number of halogens is 1. The Balaban J connectivity index is 2.17. The maximum absolute atomic E-state index is 12.2. The van der Waals surface area contributed by atoms with Crippen LogP contribution in [0, 0.1) is 5.92 Å². The number of carbonyl (C=O) groups excluding carboxylic acids is 1. The van der Waals surface area contributed by atoms with Crippen molar-refractivity contribution in [3.05, 3.63) is 28.7 Å². The molecule has 0 radical (unpaired) electrons. The molecular formula is C12H13BrN4O3S2. The van der Waals surface area contributed by atoms with Gasteiger partial charge < -0.3 is 5.32 Å². The molecule has 0 atom stereocenters. The summed E-state index contributed by atoms with van der Waals surface area (Å²) in [5.74, 6) is -0.483. The van der Waals surface area contributed by atoms with E-state index < -0.39 is 10.0 Å². The summed E-state index contributed by atoms with van der Waals surface area (Å²) >= 11 is 4.06. The van der Waals surface area contributed by atoms with Crippen molar-refractivity contribution in [1.82, 2.24) is 10.2 Å². The number of aromatic nitrogens is 2. The Labute approximate surface area is 140 Å². The number of benzene rings is 1. The molecule has 0 spiro atoms. The van der Waals surface area contributed by atoms with Crippen molar-refractivity contribution in [1.29, 1.82) is 0 Å². The van der Waals surface area contributed by atoms with Gasteiger partial charge in [-0.25, -0.2) is 0 Å². The molecule has 1 aromatic heterocycles. The zero-order valence-electron chi connectivity index (χ0n) is 11.7. The highest BCUT2D eigenvalue weighted by atomic mass is 79.9. The van der Waals surface area contributed by atoms with E-state index in [1.54, 1.807) is 38.1 Å². The third-order valence-corrected chi connectivity index (χ3v) is 5.55. The van der Waals surface area contributed by atoms with Crippen LogP contribution >= 0.6 is 27.3 Å². The quantitative estimate of drug-likeness (QED) is 0.745. The highest BCUT2D eigenvalue weighted by Gasteiger charge is 2.21. The lowest BCUT2D eigenvalue weighted by Crippen LogP contribution is -2.17. The fourth-order valence-electron chi connectivity index (χ4n) is 1.37. The van der Waals surface area contributed by atoms with E-state index in [9.17, 15) is 13.2 Å². The SMILES string of the molecule is CC(C)C(=O)Nc1nnc(S(=O)(=O)Nc2cccc(Br)c2)s1. The van der Waals surface area contributed by atoms with Gasteiger partial charge in [0.25, 0.3) is 14.4 Å². The van der Waals surface area contributed by atoms with Crippen LogP contribution in [0.15, 0.2) is 33.1 Å². The third kappa shape index (κ3) is 4.24. The van der Waals surface area contributed by atoms with Crippen molar-refractivity contribution < 1.29 is 13.2 Å². The van der Waals surface area contributed by atoms with Crippen LogP contribution in [0.4, 0.5) is 10.8 Å². The molecule has 0 saturated carbocycles. The first-order valence-corrected chi connectivity index (χ1v) is 9.30. The molecule has 0 aliphatic carbocycles. The zero-order chi connectivity index (χ0) is 16.3. The number of carbonyl (C=O) groups is 1. The minimum absolute atomic E-state index is 0.147. The molecule has 0 saturated heterocycles. The van der Waals surface area contributed by atoms with Crippen LogP contribution < -0.4 is 10.0 Å². The summed E-state index contributed by atoms with van der Waals surface area (Å²) in [4.78, 5) is 11.6. The topological polar surface area (TPSA) is 101 Å². The maximum Gasteiger partial charge on any atom is 0.291 e. The number of sulfonamides is 1. The average Bonchev–Trinajstić information content (AvgIpc) is 2.87. The van der Waals surface area contributed by atoms with E-state index in [4.69, 9.17) is 0 Å². The van der Waals surface area contributed by atoms with Gasteiger partial charge in [-0.3, -0.25) is 9.52 Å². The summed E-state index contributed by atoms with van der Waals surface area (Å²) in [6.45, 7) is 3.45. The fraction of sp³-hybridized carbons (Fsp3) is 0.250. The molecule has 2 N–H and O–H groups in total. The van der Waals surface area contributed by atoms with Gasteiger partial charge in [-0.05, 0) is 18.2 Å². The van der Waals surface area contributed by atoms with Crippen molar-refractivity contribution in [2.75, 3.05) is 10.0 Å². The van der Waals surface area contributed by atoms with Crippen LogP contribution in [-0.4, -0.2) is 24.5 Å². The lowest BCUT2D eigenvalue weighted by molar-refractivity contribution is -0.118. The molecule has 0 bridgehead atoms. The lowest BCUT2D eigenvalue weighted by Gasteiger charge is -2.05. The monoisotopic (exact) mass is 404 g/mol. The molecule has 7 nitrogen and oxygen atoms in total. The van der Waals surface area contributed by atoms with Crippen LogP contribution in [0.2, 0.25) is 0 Å². The first kappa shape index (κ1) is 16.8. The van der Waals surface area contributed by atoms with E-state index in [1.807, 2.05) is 0 Å². The standard InChI is InChI=1S/C12H13BrN4O3S2/c1-7(2)10(18)14-11-15-16-12(21-11)22(19,20)17-9-5-3-4-8(13)6-9/h3-7,17H,1-2H3,(H,14,15,18). The van der Waals surface area contributed by atoms with Gasteiger partial charge in [0.1, 0.15) is 0 Å². The van der Waals surface area contributed by atoms with E-state index in [-0.39, 0.29) is 21.3 Å². The molecule has 10 heteroatoms. The molecule has 0 aliphatic rings. The van der Waals surface area contributed by atoms with Gasteiger partial charge in [-0.1, -0.05) is 47.2 Å². The second-order valence-corrected chi connectivity index (χ2v) is 8.38. The predicted octanol–water partition coefficient (Wildman–Crippen LogP) is 2.70. The van der Waals surface area contributed by atoms with E-state index >= 15 is 0 Å². The second kappa shape index (κ2) is 6.71. The lowest BCUT2D eigenvalue weighted by atomic mass is 10.2. The van der Waals surface area contributed by atoms with Crippen LogP contribution in [0.3, 0.4) is 0 Å². The van der Waals surface area contributed by atoms with Crippen molar-refractivity contribution in [2.45, 2.75) is 18.2 Å². The molecule has 0 aliphatic heterocycles. The number of hydrogen-bond acceptors (Lipinski definition) is 6. The van der Waals surface area contributed by atoms with Gasteiger partial charge in [0.15, 0.2) is 0 Å². The zero-order valence-corrected chi connectivity index (χ0v) is 14.9. The molecule has 1 amide bonds. The van der Waals surface area contributed by atoms with Crippen molar-refractivity contribution in [2.24, 2.45) is 5.92 Å². The van der Waals surface area contributed by atoms with Gasteiger partial charge in [-0.15, -0.1) is 10.2 Å². The Morgan fingerprint density at radius 3 is 2.68 bits per heavy atom. The molecular weight excluding hydrogens is 392 g/mol. The number of amides is 1. The number of rotatable bonds is 5. The van der Waals surface area contributed by atoms with Crippen molar-refractivity contribution >= 4 is 54.0 Å². The maximum atomic E-state index is 12.2. The fourth-order valence-corrected chi connectivity index (χ4v) is 3.72. The Kier molecular flexibility index (Phi) is 5.14. The normalized spacial score (nSPS) is 11.5. The van der Waals surface area contributed by atoms with E-state index in [0.29, 0.717) is 5.69 Å². The number of nitrogens with zero attached hydrogens (tertiary/aromatic N) is 2. The van der Waals surface area contributed by atoms with Gasteiger partial charge >= 0.3 is 0 Å². The number of nitrogens with one attached hydrogen (secondary N) is 2. The first-order valence-electron chi connectivity index (χ1n) is 6.20. The molecule has 1 aromatic carbocycles. The summed E-state index contributed by atoms with van der Waals surface area (Å²) < 4.78 is 27.4. The van der Waals surface area contributed by atoms with Crippen LogP contribution in [-0.2, 0) is 14.8 Å². The number of anilines is 2. The molecule has 1 heterocycles. The van der Waals surface area contributed by atoms with Crippen molar-refractivity contribution in [3.63, 3.8) is 0 Å². The van der Waals surface area contributed by atoms with Crippen molar-refractivity contribution in [3.8, 4) is 0 Å². The smallest absolute Gasteiger partial charge is 0.291 e.